The summed E-state index contributed by atoms with van der Waals surface area (Å²) in [6.07, 6.45) is 4.55. The van der Waals surface area contributed by atoms with Crippen LogP contribution in [0.3, 0.4) is 0 Å². The number of amides is 1. The molecule has 2 aromatic rings. The van der Waals surface area contributed by atoms with Crippen LogP contribution in [0.2, 0.25) is 0 Å². The molecule has 0 saturated heterocycles. The predicted octanol–water partition coefficient (Wildman–Crippen LogP) is 1.66. The van der Waals surface area contributed by atoms with Crippen molar-refractivity contribution >= 4 is 27.6 Å². The number of nitrogens with zero attached hydrogens (tertiary/aromatic N) is 3. The van der Waals surface area contributed by atoms with E-state index in [0.717, 1.165) is 19.3 Å². The third-order valence-corrected chi connectivity index (χ3v) is 5.37. The number of carbonyl (C=O) groups is 1. The summed E-state index contributed by atoms with van der Waals surface area (Å²) < 4.78 is 28.1. The van der Waals surface area contributed by atoms with Gasteiger partial charge < -0.3 is 5.32 Å². The Morgan fingerprint density at radius 1 is 1.23 bits per heavy atom. The maximum absolute atomic E-state index is 12.0. The fourth-order valence-corrected chi connectivity index (χ4v) is 3.95. The summed E-state index contributed by atoms with van der Waals surface area (Å²) in [5, 5.41) is 6.84. The lowest BCUT2D eigenvalue weighted by Gasteiger charge is -2.02. The van der Waals surface area contributed by atoms with Gasteiger partial charge in [0, 0.05) is 37.8 Å². The Morgan fingerprint density at radius 2 is 2.04 bits per heavy atom. The average molecular weight is 375 g/mol. The molecule has 0 unspecified atom stereocenters. The summed E-state index contributed by atoms with van der Waals surface area (Å²) in [4.78, 5) is 16.4. The highest BCUT2D eigenvalue weighted by molar-refractivity contribution is 7.90. The molecule has 0 aliphatic carbocycles. The summed E-state index contributed by atoms with van der Waals surface area (Å²) in [5.74, 6) is 0.886. The zero-order valence-corrected chi connectivity index (χ0v) is 15.3. The predicted molar refractivity (Wildman–Crippen MR) is 98.5 cm³/mol. The first-order valence-corrected chi connectivity index (χ1v) is 9.90. The quantitative estimate of drug-likeness (QED) is 0.718. The molecule has 0 saturated carbocycles. The summed E-state index contributed by atoms with van der Waals surface area (Å²) in [5.41, 5.74) is 0.613. The van der Waals surface area contributed by atoms with Crippen molar-refractivity contribution in [3.63, 3.8) is 0 Å². The molecule has 1 aliphatic heterocycles. The first kappa shape index (κ1) is 18.1. The molecule has 1 aromatic carbocycles. The smallest absolute Gasteiger partial charge is 0.263 e. The molecule has 0 spiro atoms. The normalized spacial score (nSPS) is 16.3. The molecule has 0 atom stereocenters. The number of carbonyl (C=O) groups excluding carboxylic acids is 1. The van der Waals surface area contributed by atoms with E-state index >= 15 is 0 Å². The second kappa shape index (κ2) is 7.69. The van der Waals surface area contributed by atoms with Crippen LogP contribution < -0.4 is 10.0 Å². The Balaban J connectivity index is 1.41. The van der Waals surface area contributed by atoms with E-state index in [1.54, 1.807) is 48.3 Å². The highest BCUT2D eigenvalue weighted by Crippen LogP contribution is 2.22. The molecule has 2 N–H and O–H groups in total. The minimum absolute atomic E-state index is 0.0625. The summed E-state index contributed by atoms with van der Waals surface area (Å²) in [6.45, 7) is 0.508. The van der Waals surface area contributed by atoms with Crippen molar-refractivity contribution in [2.75, 3.05) is 11.9 Å². The van der Waals surface area contributed by atoms with E-state index in [0.29, 0.717) is 30.2 Å². The number of amidine groups is 1. The van der Waals surface area contributed by atoms with Crippen LogP contribution in [-0.2, 0) is 21.9 Å². The molecule has 1 amide bonds. The van der Waals surface area contributed by atoms with Crippen molar-refractivity contribution in [1.29, 1.82) is 0 Å². The number of anilines is 1. The number of aliphatic imine (C=N–C) groups is 1. The third kappa shape index (κ3) is 4.29. The topological polar surface area (TPSA) is 105 Å². The number of unbranched alkanes of at least 4 members (excludes halogenated alkanes) is 2. The largest absolute Gasteiger partial charge is 0.309 e. The molecule has 138 valence electrons. The van der Waals surface area contributed by atoms with E-state index in [4.69, 9.17) is 0 Å². The highest BCUT2D eigenvalue weighted by Gasteiger charge is 2.29. The maximum Gasteiger partial charge on any atom is 0.263 e. The Kier molecular flexibility index (Phi) is 5.36. The van der Waals surface area contributed by atoms with Gasteiger partial charge in [-0.25, -0.2) is 8.42 Å². The number of fused-ring (bicyclic) bond motifs is 1. The van der Waals surface area contributed by atoms with Gasteiger partial charge in [-0.2, -0.15) is 5.10 Å². The van der Waals surface area contributed by atoms with Crippen LogP contribution in [-0.4, -0.2) is 36.5 Å². The maximum atomic E-state index is 12.0. The van der Waals surface area contributed by atoms with Crippen LogP contribution in [0.1, 0.15) is 31.2 Å². The minimum atomic E-state index is -3.48. The number of hydrogen-bond acceptors (Lipinski definition) is 5. The number of aryl methyl sites for hydroxylation is 1. The molecule has 8 nitrogen and oxygen atoms in total. The van der Waals surface area contributed by atoms with Crippen LogP contribution in [0.15, 0.2) is 46.4 Å². The average Bonchev–Trinajstić information content (AvgIpc) is 3.12. The monoisotopic (exact) mass is 375 g/mol. The van der Waals surface area contributed by atoms with Crippen LogP contribution in [0.25, 0.3) is 0 Å². The molecule has 0 bridgehead atoms. The molecular formula is C17H21N5O3S. The number of rotatable bonds is 7. The second-order valence-corrected chi connectivity index (χ2v) is 7.72. The van der Waals surface area contributed by atoms with Crippen molar-refractivity contribution in [3.8, 4) is 0 Å². The molecular weight excluding hydrogens is 354 g/mol. The van der Waals surface area contributed by atoms with Crippen molar-refractivity contribution in [1.82, 2.24) is 14.5 Å². The molecule has 1 aliphatic rings. The standard InChI is InChI=1S/C17H21N5O3S/c1-22-12-10-15(20-22)19-16(23)9-3-2-6-11-18-17-13-7-4-5-8-14(13)26(24,25)21-17/h4-5,7-8,10,12H,2-3,6,9,11H2,1H3,(H,18,21)(H,19,20,23). The molecule has 1 aromatic heterocycles. The van der Waals surface area contributed by atoms with Gasteiger partial charge in [-0.1, -0.05) is 18.6 Å². The van der Waals surface area contributed by atoms with Gasteiger partial charge in [-0.3, -0.25) is 19.2 Å². The second-order valence-electron chi connectivity index (χ2n) is 6.07. The lowest BCUT2D eigenvalue weighted by Crippen LogP contribution is -2.22. The molecule has 2 heterocycles. The first-order valence-electron chi connectivity index (χ1n) is 8.42. The fraction of sp³-hybridized carbons (Fsp3) is 0.353. The first-order chi connectivity index (χ1) is 12.5. The van der Waals surface area contributed by atoms with Crippen LogP contribution in [0.4, 0.5) is 5.82 Å². The number of hydrogen-bond donors (Lipinski definition) is 2. The molecule has 3 rings (SSSR count). The van der Waals surface area contributed by atoms with Crippen molar-refractivity contribution in [3.05, 3.63) is 42.1 Å². The lowest BCUT2D eigenvalue weighted by atomic mass is 10.2. The van der Waals surface area contributed by atoms with E-state index in [1.807, 2.05) is 0 Å². The Bertz CT molecular complexity index is 933. The van der Waals surface area contributed by atoms with Gasteiger partial charge in [0.1, 0.15) is 5.84 Å². The van der Waals surface area contributed by atoms with Crippen LogP contribution in [0.5, 0.6) is 0 Å². The van der Waals surface area contributed by atoms with Gasteiger partial charge in [0.2, 0.25) is 5.91 Å². The number of aromatic nitrogens is 2. The van der Waals surface area contributed by atoms with Gasteiger partial charge in [0.15, 0.2) is 5.82 Å². The summed E-state index contributed by atoms with van der Waals surface area (Å²) in [7, 11) is -1.69. The van der Waals surface area contributed by atoms with E-state index in [-0.39, 0.29) is 10.8 Å². The van der Waals surface area contributed by atoms with Gasteiger partial charge >= 0.3 is 0 Å². The zero-order chi connectivity index (χ0) is 18.6. The Labute approximate surface area is 152 Å². The molecule has 0 radical (unpaired) electrons. The lowest BCUT2D eigenvalue weighted by molar-refractivity contribution is -0.116. The van der Waals surface area contributed by atoms with E-state index in [2.05, 4.69) is 20.1 Å². The molecule has 0 fully saturated rings. The fourth-order valence-electron chi connectivity index (χ4n) is 2.70. The summed E-state index contributed by atoms with van der Waals surface area (Å²) >= 11 is 0. The van der Waals surface area contributed by atoms with Crippen molar-refractivity contribution in [2.24, 2.45) is 12.0 Å². The highest BCUT2D eigenvalue weighted by atomic mass is 32.2. The van der Waals surface area contributed by atoms with Gasteiger partial charge in [0.05, 0.1) is 4.90 Å². The van der Waals surface area contributed by atoms with Crippen LogP contribution >= 0.6 is 0 Å². The third-order valence-electron chi connectivity index (χ3n) is 3.98. The SMILES string of the molecule is Cn1ccc(NC(=O)CCCCCN=C2NS(=O)(=O)c3ccccc32)n1. The minimum Gasteiger partial charge on any atom is -0.309 e. The van der Waals surface area contributed by atoms with Gasteiger partial charge in [-0.15, -0.1) is 0 Å². The Morgan fingerprint density at radius 3 is 2.81 bits per heavy atom. The van der Waals surface area contributed by atoms with E-state index in [1.165, 1.54) is 0 Å². The van der Waals surface area contributed by atoms with Gasteiger partial charge in [-0.05, 0) is 25.0 Å². The number of benzene rings is 1. The van der Waals surface area contributed by atoms with E-state index in [9.17, 15) is 13.2 Å². The van der Waals surface area contributed by atoms with E-state index < -0.39 is 10.0 Å². The Hall–Kier alpha value is -2.68. The van der Waals surface area contributed by atoms with Crippen LogP contribution in [0, 0.1) is 0 Å². The van der Waals surface area contributed by atoms with Crippen molar-refractivity contribution < 1.29 is 13.2 Å². The number of nitrogens with one attached hydrogen (secondary N) is 2. The number of sulfonamides is 1. The van der Waals surface area contributed by atoms with Gasteiger partial charge in [0.25, 0.3) is 10.0 Å². The molecule has 9 heteroatoms. The summed E-state index contributed by atoms with van der Waals surface area (Å²) in [6, 6.07) is 8.54. The van der Waals surface area contributed by atoms with Crippen molar-refractivity contribution in [2.45, 2.75) is 30.6 Å². The zero-order valence-electron chi connectivity index (χ0n) is 14.5. The molecule has 26 heavy (non-hydrogen) atoms.